The van der Waals surface area contributed by atoms with Crippen LogP contribution in [-0.2, 0) is 17.9 Å². The normalized spacial score (nSPS) is 18.0. The molecule has 0 spiro atoms. The SMILES string of the molecule is CCCC(C)(N)C(=O)NCc1ccc(CN2CCN(CC)CC2)cc1.Cl. The average molecular weight is 383 g/mol. The van der Waals surface area contributed by atoms with E-state index < -0.39 is 5.54 Å². The molecule has 26 heavy (non-hydrogen) atoms. The van der Waals surface area contributed by atoms with E-state index in [-0.39, 0.29) is 18.3 Å². The van der Waals surface area contributed by atoms with Gasteiger partial charge in [-0.1, -0.05) is 44.5 Å². The van der Waals surface area contributed by atoms with Gasteiger partial charge >= 0.3 is 0 Å². The number of nitrogens with zero attached hydrogens (tertiary/aromatic N) is 2. The molecule has 3 N–H and O–H groups in total. The van der Waals surface area contributed by atoms with Crippen molar-refractivity contribution in [3.05, 3.63) is 35.4 Å². The van der Waals surface area contributed by atoms with Gasteiger partial charge in [0.05, 0.1) is 5.54 Å². The fourth-order valence-electron chi connectivity index (χ4n) is 3.30. The first-order chi connectivity index (χ1) is 11.9. The Bertz CT molecular complexity index is 539. The Balaban J connectivity index is 0.00000338. The molecule has 1 aliphatic rings. The second-order valence-electron chi connectivity index (χ2n) is 7.38. The van der Waals surface area contributed by atoms with Crippen molar-refractivity contribution in [3.63, 3.8) is 0 Å². The van der Waals surface area contributed by atoms with Gasteiger partial charge in [-0.2, -0.15) is 0 Å². The first kappa shape index (κ1) is 22.9. The maximum absolute atomic E-state index is 12.2. The van der Waals surface area contributed by atoms with E-state index >= 15 is 0 Å². The highest BCUT2D eigenvalue weighted by molar-refractivity contribution is 5.85. The molecule has 1 unspecified atom stereocenters. The maximum atomic E-state index is 12.2. The molecule has 0 saturated carbocycles. The van der Waals surface area contributed by atoms with Crippen LogP contribution >= 0.6 is 12.4 Å². The third-order valence-electron chi connectivity index (χ3n) is 5.08. The van der Waals surface area contributed by atoms with Crippen molar-refractivity contribution < 1.29 is 4.79 Å². The molecule has 2 rings (SSSR count). The van der Waals surface area contributed by atoms with E-state index in [9.17, 15) is 4.79 Å². The molecule has 1 aliphatic heterocycles. The monoisotopic (exact) mass is 382 g/mol. The van der Waals surface area contributed by atoms with Crippen molar-refractivity contribution in [1.29, 1.82) is 0 Å². The standard InChI is InChI=1S/C20H34N4O.ClH/c1-4-10-20(3,21)19(25)22-15-17-6-8-18(9-7-17)16-24-13-11-23(5-2)12-14-24;/h6-9H,4-5,10-16,21H2,1-3H3,(H,22,25);1H. The van der Waals surface area contributed by atoms with Gasteiger partial charge in [0.1, 0.15) is 0 Å². The van der Waals surface area contributed by atoms with Gasteiger partial charge in [-0.3, -0.25) is 9.69 Å². The van der Waals surface area contributed by atoms with Gasteiger partial charge in [0, 0.05) is 39.3 Å². The lowest BCUT2D eigenvalue weighted by atomic mass is 9.96. The molecule has 1 aromatic rings. The molecule has 0 bridgehead atoms. The molecule has 0 aromatic heterocycles. The number of carbonyl (C=O) groups excluding carboxylic acids is 1. The lowest BCUT2D eigenvalue weighted by Crippen LogP contribution is -2.51. The molecule has 5 nitrogen and oxygen atoms in total. The van der Waals surface area contributed by atoms with Crippen LogP contribution in [0.25, 0.3) is 0 Å². The van der Waals surface area contributed by atoms with Crippen LogP contribution in [0.5, 0.6) is 0 Å². The summed E-state index contributed by atoms with van der Waals surface area (Å²) < 4.78 is 0. The number of nitrogens with one attached hydrogen (secondary N) is 1. The number of hydrogen-bond donors (Lipinski definition) is 2. The molecule has 0 radical (unpaired) electrons. The van der Waals surface area contributed by atoms with Crippen molar-refractivity contribution in [2.24, 2.45) is 5.73 Å². The molecule has 1 fully saturated rings. The molecule has 1 aromatic carbocycles. The van der Waals surface area contributed by atoms with Gasteiger partial charge < -0.3 is 16.0 Å². The maximum Gasteiger partial charge on any atom is 0.240 e. The Morgan fingerprint density at radius 2 is 1.62 bits per heavy atom. The first-order valence-corrected chi connectivity index (χ1v) is 9.54. The summed E-state index contributed by atoms with van der Waals surface area (Å²) in [5.41, 5.74) is 7.72. The highest BCUT2D eigenvalue weighted by Gasteiger charge is 2.26. The molecular weight excluding hydrogens is 348 g/mol. The second kappa shape index (κ2) is 10.9. The number of nitrogens with two attached hydrogens (primary N) is 1. The predicted molar refractivity (Wildman–Crippen MR) is 110 cm³/mol. The summed E-state index contributed by atoms with van der Waals surface area (Å²) in [6.45, 7) is 13.3. The highest BCUT2D eigenvalue weighted by atomic mass is 35.5. The molecule has 1 saturated heterocycles. The molecule has 0 aliphatic carbocycles. The molecule has 1 heterocycles. The molecule has 1 atom stereocenters. The van der Waals surface area contributed by atoms with Gasteiger partial charge in [-0.25, -0.2) is 0 Å². The minimum atomic E-state index is -0.782. The lowest BCUT2D eigenvalue weighted by Gasteiger charge is -2.34. The molecule has 1 amide bonds. The Morgan fingerprint density at radius 1 is 1.08 bits per heavy atom. The number of benzene rings is 1. The number of carbonyl (C=O) groups is 1. The summed E-state index contributed by atoms with van der Waals surface area (Å²) >= 11 is 0. The minimum Gasteiger partial charge on any atom is -0.350 e. The van der Waals surface area contributed by atoms with Crippen LogP contribution in [0.1, 0.15) is 44.7 Å². The van der Waals surface area contributed by atoms with Crippen molar-refractivity contribution in [2.45, 2.75) is 52.2 Å². The summed E-state index contributed by atoms with van der Waals surface area (Å²) in [5, 5.41) is 2.96. The Labute approximate surface area is 164 Å². The molecule has 148 valence electrons. The van der Waals surface area contributed by atoms with Crippen LogP contribution in [0.2, 0.25) is 0 Å². The van der Waals surface area contributed by atoms with Crippen LogP contribution < -0.4 is 11.1 Å². The van der Waals surface area contributed by atoms with Gasteiger partial charge in [-0.05, 0) is 31.0 Å². The Morgan fingerprint density at radius 3 is 2.15 bits per heavy atom. The summed E-state index contributed by atoms with van der Waals surface area (Å²) in [6, 6.07) is 8.54. The topological polar surface area (TPSA) is 61.6 Å². The van der Waals surface area contributed by atoms with E-state index in [1.807, 2.05) is 6.92 Å². The molecular formula is C20H35ClN4O. The van der Waals surface area contributed by atoms with E-state index in [0.717, 1.165) is 51.3 Å². The van der Waals surface area contributed by atoms with Crippen molar-refractivity contribution in [1.82, 2.24) is 15.1 Å². The van der Waals surface area contributed by atoms with E-state index in [0.29, 0.717) is 13.0 Å². The van der Waals surface area contributed by atoms with Gasteiger partial charge in [0.25, 0.3) is 0 Å². The number of piperazine rings is 1. The summed E-state index contributed by atoms with van der Waals surface area (Å²) in [5.74, 6) is -0.0766. The van der Waals surface area contributed by atoms with Crippen molar-refractivity contribution >= 4 is 18.3 Å². The lowest BCUT2D eigenvalue weighted by molar-refractivity contribution is -0.126. The van der Waals surface area contributed by atoms with E-state index in [4.69, 9.17) is 5.73 Å². The van der Waals surface area contributed by atoms with Crippen molar-refractivity contribution in [2.75, 3.05) is 32.7 Å². The quantitative estimate of drug-likeness (QED) is 0.724. The average Bonchev–Trinajstić information content (AvgIpc) is 2.61. The molecule has 6 heteroatoms. The summed E-state index contributed by atoms with van der Waals surface area (Å²) in [6.07, 6.45) is 1.60. The largest absolute Gasteiger partial charge is 0.350 e. The van der Waals surface area contributed by atoms with E-state index in [1.165, 1.54) is 5.56 Å². The number of halogens is 1. The fourth-order valence-corrected chi connectivity index (χ4v) is 3.30. The smallest absolute Gasteiger partial charge is 0.240 e. The summed E-state index contributed by atoms with van der Waals surface area (Å²) in [7, 11) is 0. The zero-order valence-corrected chi connectivity index (χ0v) is 17.3. The number of hydrogen-bond acceptors (Lipinski definition) is 4. The number of likely N-dealkylation sites (N-methyl/N-ethyl adjacent to an activating group) is 1. The van der Waals surface area contributed by atoms with Crippen LogP contribution in [0.3, 0.4) is 0 Å². The van der Waals surface area contributed by atoms with Crippen LogP contribution in [0.4, 0.5) is 0 Å². The van der Waals surface area contributed by atoms with Crippen molar-refractivity contribution in [3.8, 4) is 0 Å². The third kappa shape index (κ3) is 6.88. The predicted octanol–water partition coefficient (Wildman–Crippen LogP) is 2.38. The minimum absolute atomic E-state index is 0. The van der Waals surface area contributed by atoms with Gasteiger partial charge in [0.15, 0.2) is 0 Å². The fraction of sp³-hybridized carbons (Fsp3) is 0.650. The summed E-state index contributed by atoms with van der Waals surface area (Å²) in [4.78, 5) is 17.2. The zero-order valence-electron chi connectivity index (χ0n) is 16.5. The third-order valence-corrected chi connectivity index (χ3v) is 5.08. The Kier molecular flexibility index (Phi) is 9.58. The zero-order chi connectivity index (χ0) is 18.3. The highest BCUT2D eigenvalue weighted by Crippen LogP contribution is 2.12. The Hall–Kier alpha value is -1.14. The van der Waals surface area contributed by atoms with Gasteiger partial charge in [-0.15, -0.1) is 12.4 Å². The van der Waals surface area contributed by atoms with Gasteiger partial charge in [0.2, 0.25) is 5.91 Å². The van der Waals surface area contributed by atoms with Crippen LogP contribution in [0, 0.1) is 0 Å². The van der Waals surface area contributed by atoms with E-state index in [1.54, 1.807) is 6.92 Å². The first-order valence-electron chi connectivity index (χ1n) is 9.54. The second-order valence-corrected chi connectivity index (χ2v) is 7.38. The number of amides is 1. The van der Waals surface area contributed by atoms with Crippen LogP contribution in [0.15, 0.2) is 24.3 Å². The van der Waals surface area contributed by atoms with Crippen LogP contribution in [-0.4, -0.2) is 54.0 Å². The van der Waals surface area contributed by atoms with E-state index in [2.05, 4.69) is 46.3 Å². The number of rotatable bonds is 8.